The highest BCUT2D eigenvalue weighted by atomic mass is 79.9. The van der Waals surface area contributed by atoms with E-state index in [9.17, 15) is 0 Å². The maximum atomic E-state index is 8.61. The van der Waals surface area contributed by atoms with Crippen molar-refractivity contribution in [1.82, 2.24) is 0 Å². The average Bonchev–Trinajstić information content (AvgIpc) is 2.23. The van der Waals surface area contributed by atoms with Gasteiger partial charge < -0.3 is 19.7 Å². The Morgan fingerprint density at radius 1 is 0.933 bits per heavy atom. The molecule has 0 saturated heterocycles. The Balaban J connectivity index is 2.66. The van der Waals surface area contributed by atoms with Crippen molar-refractivity contribution in [2.24, 2.45) is 0 Å². The SMILES string of the molecule is OCCOc1cc(Br)cc(OCCO)c1. The molecule has 0 aliphatic carbocycles. The molecule has 0 fully saturated rings. The summed E-state index contributed by atoms with van der Waals surface area (Å²) in [6.07, 6.45) is 0. The van der Waals surface area contributed by atoms with Crippen LogP contribution in [0.2, 0.25) is 0 Å². The molecule has 4 nitrogen and oxygen atoms in total. The Hall–Kier alpha value is -0.780. The van der Waals surface area contributed by atoms with Crippen molar-refractivity contribution in [3.8, 4) is 11.5 Å². The Morgan fingerprint density at radius 2 is 1.40 bits per heavy atom. The van der Waals surface area contributed by atoms with E-state index in [4.69, 9.17) is 19.7 Å². The highest BCUT2D eigenvalue weighted by Crippen LogP contribution is 2.26. The van der Waals surface area contributed by atoms with E-state index in [0.717, 1.165) is 4.47 Å². The topological polar surface area (TPSA) is 58.9 Å². The quantitative estimate of drug-likeness (QED) is 0.820. The predicted molar refractivity (Wildman–Crippen MR) is 59.3 cm³/mol. The van der Waals surface area contributed by atoms with Crippen molar-refractivity contribution in [2.45, 2.75) is 0 Å². The standard InChI is InChI=1S/C10H13BrO4/c11-8-5-9(14-3-1-12)7-10(6-8)15-4-2-13/h5-7,12-13H,1-4H2. The van der Waals surface area contributed by atoms with Crippen LogP contribution in [0, 0.1) is 0 Å². The lowest BCUT2D eigenvalue weighted by Crippen LogP contribution is -2.04. The molecule has 5 heteroatoms. The number of benzene rings is 1. The van der Waals surface area contributed by atoms with Crippen molar-refractivity contribution in [3.05, 3.63) is 22.7 Å². The minimum atomic E-state index is -0.0284. The van der Waals surface area contributed by atoms with Gasteiger partial charge in [-0.2, -0.15) is 0 Å². The van der Waals surface area contributed by atoms with Gasteiger partial charge in [0.1, 0.15) is 24.7 Å². The first-order valence-corrected chi connectivity index (χ1v) is 5.33. The van der Waals surface area contributed by atoms with Crippen molar-refractivity contribution in [3.63, 3.8) is 0 Å². The molecule has 1 rings (SSSR count). The molecule has 0 atom stereocenters. The summed E-state index contributed by atoms with van der Waals surface area (Å²) in [5.41, 5.74) is 0. The maximum absolute atomic E-state index is 8.61. The normalized spacial score (nSPS) is 10.1. The van der Waals surface area contributed by atoms with Crippen LogP contribution in [0.5, 0.6) is 11.5 Å². The lowest BCUT2D eigenvalue weighted by Gasteiger charge is -2.08. The molecule has 0 amide bonds. The first-order valence-electron chi connectivity index (χ1n) is 4.54. The molecular formula is C10H13BrO4. The molecular weight excluding hydrogens is 264 g/mol. The summed E-state index contributed by atoms with van der Waals surface area (Å²) < 4.78 is 11.3. The number of hydrogen-bond acceptors (Lipinski definition) is 4. The van der Waals surface area contributed by atoms with E-state index in [-0.39, 0.29) is 26.4 Å². The zero-order valence-corrected chi connectivity index (χ0v) is 9.74. The maximum Gasteiger partial charge on any atom is 0.124 e. The van der Waals surface area contributed by atoms with Gasteiger partial charge in [0.15, 0.2) is 0 Å². The van der Waals surface area contributed by atoms with Gasteiger partial charge in [-0.3, -0.25) is 0 Å². The highest BCUT2D eigenvalue weighted by Gasteiger charge is 2.01. The van der Waals surface area contributed by atoms with E-state index in [0.29, 0.717) is 11.5 Å². The molecule has 0 saturated carbocycles. The first kappa shape index (κ1) is 12.3. The monoisotopic (exact) mass is 276 g/mol. The van der Waals surface area contributed by atoms with Gasteiger partial charge in [0.05, 0.1) is 13.2 Å². The van der Waals surface area contributed by atoms with Crippen LogP contribution in [0.1, 0.15) is 0 Å². The molecule has 0 unspecified atom stereocenters. The van der Waals surface area contributed by atoms with Gasteiger partial charge in [-0.1, -0.05) is 15.9 Å². The molecule has 0 aliphatic heterocycles. The Bertz CT molecular complexity index is 277. The van der Waals surface area contributed by atoms with Gasteiger partial charge in [-0.25, -0.2) is 0 Å². The van der Waals surface area contributed by atoms with Crippen LogP contribution < -0.4 is 9.47 Å². The molecule has 0 aromatic heterocycles. The van der Waals surface area contributed by atoms with Crippen LogP contribution >= 0.6 is 15.9 Å². The second kappa shape index (κ2) is 6.66. The Kier molecular flexibility index (Phi) is 5.45. The van der Waals surface area contributed by atoms with Crippen LogP contribution in [-0.2, 0) is 0 Å². The van der Waals surface area contributed by atoms with Crippen LogP contribution in [0.25, 0.3) is 0 Å². The largest absolute Gasteiger partial charge is 0.491 e. The zero-order valence-electron chi connectivity index (χ0n) is 8.15. The third-order valence-electron chi connectivity index (χ3n) is 1.56. The van der Waals surface area contributed by atoms with Crippen molar-refractivity contribution < 1.29 is 19.7 Å². The smallest absolute Gasteiger partial charge is 0.124 e. The molecule has 0 radical (unpaired) electrons. The highest BCUT2D eigenvalue weighted by molar-refractivity contribution is 9.10. The average molecular weight is 277 g/mol. The fourth-order valence-corrected chi connectivity index (χ4v) is 1.48. The zero-order chi connectivity index (χ0) is 11.1. The molecule has 0 bridgehead atoms. The summed E-state index contributed by atoms with van der Waals surface area (Å²) in [4.78, 5) is 0. The number of rotatable bonds is 6. The molecule has 2 N–H and O–H groups in total. The van der Waals surface area contributed by atoms with E-state index >= 15 is 0 Å². The van der Waals surface area contributed by atoms with Crippen molar-refractivity contribution in [2.75, 3.05) is 26.4 Å². The number of ether oxygens (including phenoxy) is 2. The van der Waals surface area contributed by atoms with E-state index < -0.39 is 0 Å². The van der Waals surface area contributed by atoms with Crippen LogP contribution in [0.15, 0.2) is 22.7 Å². The van der Waals surface area contributed by atoms with E-state index in [1.807, 2.05) is 0 Å². The lowest BCUT2D eigenvalue weighted by atomic mass is 10.3. The summed E-state index contributed by atoms with van der Waals surface area (Å²) >= 11 is 3.31. The number of halogens is 1. The van der Waals surface area contributed by atoms with Crippen molar-refractivity contribution >= 4 is 15.9 Å². The summed E-state index contributed by atoms with van der Waals surface area (Å²) in [5.74, 6) is 1.23. The molecule has 0 aliphatic rings. The van der Waals surface area contributed by atoms with Crippen LogP contribution in [-0.4, -0.2) is 36.6 Å². The van der Waals surface area contributed by atoms with Gasteiger partial charge in [-0.15, -0.1) is 0 Å². The second-order valence-electron chi connectivity index (χ2n) is 2.77. The van der Waals surface area contributed by atoms with Gasteiger partial charge in [0.2, 0.25) is 0 Å². The number of hydrogen-bond donors (Lipinski definition) is 2. The van der Waals surface area contributed by atoms with Crippen LogP contribution in [0.4, 0.5) is 0 Å². The molecule has 1 aromatic rings. The Morgan fingerprint density at radius 3 is 1.80 bits per heavy atom. The predicted octanol–water partition coefficient (Wildman–Crippen LogP) is 1.19. The van der Waals surface area contributed by atoms with E-state index in [1.165, 1.54) is 0 Å². The van der Waals surface area contributed by atoms with Crippen molar-refractivity contribution in [1.29, 1.82) is 0 Å². The minimum Gasteiger partial charge on any atom is -0.491 e. The van der Waals surface area contributed by atoms with Gasteiger partial charge in [0.25, 0.3) is 0 Å². The van der Waals surface area contributed by atoms with Crippen LogP contribution in [0.3, 0.4) is 0 Å². The third kappa shape index (κ3) is 4.51. The van der Waals surface area contributed by atoms with Gasteiger partial charge in [0, 0.05) is 10.5 Å². The molecule has 84 valence electrons. The number of aliphatic hydroxyl groups excluding tert-OH is 2. The molecule has 1 aromatic carbocycles. The molecule has 0 spiro atoms. The first-order chi connectivity index (χ1) is 7.26. The van der Waals surface area contributed by atoms with E-state index in [2.05, 4.69) is 15.9 Å². The fraction of sp³-hybridized carbons (Fsp3) is 0.400. The minimum absolute atomic E-state index is 0.0284. The summed E-state index contributed by atoms with van der Waals surface area (Å²) in [6, 6.07) is 5.26. The third-order valence-corrected chi connectivity index (χ3v) is 2.02. The summed E-state index contributed by atoms with van der Waals surface area (Å²) in [7, 11) is 0. The summed E-state index contributed by atoms with van der Waals surface area (Å²) in [6.45, 7) is 0.435. The molecule has 0 heterocycles. The summed E-state index contributed by atoms with van der Waals surface area (Å²) in [5, 5.41) is 17.2. The lowest BCUT2D eigenvalue weighted by molar-refractivity contribution is 0.194. The molecule has 15 heavy (non-hydrogen) atoms. The van der Waals surface area contributed by atoms with Gasteiger partial charge in [-0.05, 0) is 12.1 Å². The Labute approximate surface area is 96.6 Å². The number of aliphatic hydroxyl groups is 2. The van der Waals surface area contributed by atoms with E-state index in [1.54, 1.807) is 18.2 Å². The second-order valence-corrected chi connectivity index (χ2v) is 3.68. The fourth-order valence-electron chi connectivity index (χ4n) is 1.03. The van der Waals surface area contributed by atoms with Gasteiger partial charge >= 0.3 is 0 Å².